The molecule has 1 unspecified atom stereocenters. The first kappa shape index (κ1) is 18.8. The smallest absolute Gasteiger partial charge is 0.222 e. The Bertz CT molecular complexity index is 1120. The first-order chi connectivity index (χ1) is 14.7. The third kappa shape index (κ3) is 3.14. The molecule has 2 aliphatic rings. The zero-order valence-corrected chi connectivity index (χ0v) is 16.8. The highest BCUT2D eigenvalue weighted by Crippen LogP contribution is 2.43. The van der Waals surface area contributed by atoms with Gasteiger partial charge >= 0.3 is 0 Å². The molecule has 1 atom stereocenters. The predicted octanol–water partition coefficient (Wildman–Crippen LogP) is 4.03. The zero-order chi connectivity index (χ0) is 20.7. The van der Waals surface area contributed by atoms with Gasteiger partial charge in [-0.25, -0.2) is 14.4 Å². The highest BCUT2D eigenvalue weighted by molar-refractivity contribution is 5.93. The molecule has 3 aromatic rings. The summed E-state index contributed by atoms with van der Waals surface area (Å²) in [5, 5.41) is 0.751. The average molecular weight is 406 g/mol. The van der Waals surface area contributed by atoms with Gasteiger partial charge in [0.25, 0.3) is 0 Å². The van der Waals surface area contributed by atoms with Crippen LogP contribution in [0.1, 0.15) is 30.7 Å². The topological polar surface area (TPSA) is 58.6 Å². The van der Waals surface area contributed by atoms with E-state index in [4.69, 9.17) is 4.74 Å². The number of halogens is 1. The van der Waals surface area contributed by atoms with E-state index in [1.165, 1.54) is 25.1 Å². The van der Waals surface area contributed by atoms with E-state index in [2.05, 4.69) is 27.0 Å². The second-order valence-corrected chi connectivity index (χ2v) is 7.84. The van der Waals surface area contributed by atoms with Crippen molar-refractivity contribution in [2.45, 2.75) is 25.2 Å². The van der Waals surface area contributed by atoms with Crippen molar-refractivity contribution in [2.75, 3.05) is 31.6 Å². The van der Waals surface area contributed by atoms with E-state index in [1.54, 1.807) is 6.07 Å². The molecule has 0 spiro atoms. The van der Waals surface area contributed by atoms with Crippen LogP contribution in [-0.2, 0) is 4.79 Å². The Morgan fingerprint density at radius 2 is 2.10 bits per heavy atom. The van der Waals surface area contributed by atoms with Crippen molar-refractivity contribution in [1.82, 2.24) is 14.9 Å². The van der Waals surface area contributed by atoms with E-state index in [1.807, 2.05) is 17.0 Å². The lowest BCUT2D eigenvalue weighted by atomic mass is 9.98. The maximum atomic E-state index is 14.2. The van der Waals surface area contributed by atoms with Crippen LogP contribution in [0.15, 0.2) is 42.7 Å². The minimum Gasteiger partial charge on any atom is -0.494 e. The third-order valence-electron chi connectivity index (χ3n) is 6.13. The number of ether oxygens (including phenoxy) is 1. The van der Waals surface area contributed by atoms with E-state index in [0.717, 1.165) is 49.4 Å². The van der Waals surface area contributed by atoms with Gasteiger partial charge < -0.3 is 14.5 Å². The minimum atomic E-state index is -0.440. The van der Waals surface area contributed by atoms with E-state index in [-0.39, 0.29) is 11.7 Å². The van der Waals surface area contributed by atoms with Gasteiger partial charge in [-0.3, -0.25) is 4.79 Å². The van der Waals surface area contributed by atoms with Gasteiger partial charge in [-0.05, 0) is 30.5 Å². The SMILES string of the molecule is COc1cc2c(N3CC(CCN4CCCC4=O)c4ccccc43)ncnc2cc1F. The molecule has 0 N–H and O–H groups in total. The van der Waals surface area contributed by atoms with Crippen molar-refractivity contribution in [1.29, 1.82) is 0 Å². The first-order valence-electron chi connectivity index (χ1n) is 10.3. The van der Waals surface area contributed by atoms with Gasteiger partial charge in [-0.2, -0.15) is 0 Å². The number of nitrogens with zero attached hydrogens (tertiary/aromatic N) is 4. The van der Waals surface area contributed by atoms with Crippen LogP contribution in [0, 0.1) is 5.82 Å². The molecule has 1 saturated heterocycles. The molecular formula is C23H23FN4O2. The Morgan fingerprint density at radius 3 is 2.90 bits per heavy atom. The lowest BCUT2D eigenvalue weighted by Gasteiger charge is -2.21. The molecule has 30 heavy (non-hydrogen) atoms. The molecule has 7 heteroatoms. The molecule has 0 saturated carbocycles. The van der Waals surface area contributed by atoms with Gasteiger partial charge in [-0.1, -0.05) is 18.2 Å². The van der Waals surface area contributed by atoms with Crippen LogP contribution >= 0.6 is 0 Å². The third-order valence-corrected chi connectivity index (χ3v) is 6.13. The number of amides is 1. The van der Waals surface area contributed by atoms with Crippen molar-refractivity contribution in [2.24, 2.45) is 0 Å². The zero-order valence-electron chi connectivity index (χ0n) is 16.8. The minimum absolute atomic E-state index is 0.176. The highest BCUT2D eigenvalue weighted by atomic mass is 19.1. The normalized spacial score (nSPS) is 18.3. The number of hydrogen-bond acceptors (Lipinski definition) is 5. The van der Waals surface area contributed by atoms with Crippen LogP contribution < -0.4 is 9.64 Å². The number of carbonyl (C=O) groups is 1. The van der Waals surface area contributed by atoms with Crippen LogP contribution in [0.25, 0.3) is 10.9 Å². The number of fused-ring (bicyclic) bond motifs is 2. The van der Waals surface area contributed by atoms with E-state index in [9.17, 15) is 9.18 Å². The second kappa shape index (κ2) is 7.55. The van der Waals surface area contributed by atoms with Crippen LogP contribution in [0.4, 0.5) is 15.9 Å². The molecule has 0 radical (unpaired) electrons. The Kier molecular flexibility index (Phi) is 4.73. The summed E-state index contributed by atoms with van der Waals surface area (Å²) in [5.74, 6) is 1.03. The standard InChI is InChI=1S/C23H23FN4O2/c1-30-21-11-17-19(12-18(21)24)25-14-26-23(17)28-13-15(16-5-2-3-6-20(16)28)8-10-27-9-4-7-22(27)29/h2-3,5-6,11-12,14-15H,4,7-10,13H2,1H3. The summed E-state index contributed by atoms with van der Waals surface area (Å²) >= 11 is 0. The van der Waals surface area contributed by atoms with Gasteiger partial charge in [0.2, 0.25) is 5.91 Å². The van der Waals surface area contributed by atoms with Crippen molar-refractivity contribution in [3.63, 3.8) is 0 Å². The lowest BCUT2D eigenvalue weighted by Crippen LogP contribution is -2.27. The molecule has 6 nitrogen and oxygen atoms in total. The maximum Gasteiger partial charge on any atom is 0.222 e. The average Bonchev–Trinajstić information content (AvgIpc) is 3.34. The number of likely N-dealkylation sites (tertiary alicyclic amines) is 1. The summed E-state index contributed by atoms with van der Waals surface area (Å²) in [6.45, 7) is 2.39. The fourth-order valence-corrected chi connectivity index (χ4v) is 4.61. The number of anilines is 2. The van der Waals surface area contributed by atoms with Crippen LogP contribution in [-0.4, -0.2) is 47.5 Å². The Labute approximate surface area is 174 Å². The Balaban J connectivity index is 1.50. The Hall–Kier alpha value is -3.22. The fourth-order valence-electron chi connectivity index (χ4n) is 4.61. The summed E-state index contributed by atoms with van der Waals surface area (Å²) in [6, 6.07) is 11.4. The first-order valence-corrected chi connectivity index (χ1v) is 10.3. The monoisotopic (exact) mass is 406 g/mol. The van der Waals surface area contributed by atoms with E-state index in [0.29, 0.717) is 17.9 Å². The largest absolute Gasteiger partial charge is 0.494 e. The molecule has 0 aliphatic carbocycles. The summed E-state index contributed by atoms with van der Waals surface area (Å²) in [6.07, 6.45) is 4.00. The van der Waals surface area contributed by atoms with Gasteiger partial charge in [0.05, 0.1) is 12.6 Å². The highest BCUT2D eigenvalue weighted by Gasteiger charge is 2.32. The summed E-state index contributed by atoms with van der Waals surface area (Å²) in [7, 11) is 1.45. The van der Waals surface area contributed by atoms with Crippen molar-refractivity contribution >= 4 is 28.3 Å². The van der Waals surface area contributed by atoms with Gasteiger partial charge in [0.15, 0.2) is 11.6 Å². The van der Waals surface area contributed by atoms with Crippen LogP contribution in [0.3, 0.4) is 0 Å². The number of aromatic nitrogens is 2. The molecule has 2 aromatic carbocycles. The molecule has 5 rings (SSSR count). The lowest BCUT2D eigenvalue weighted by molar-refractivity contribution is -0.127. The number of methoxy groups -OCH3 is 1. The number of rotatable bonds is 5. The quantitative estimate of drug-likeness (QED) is 0.640. The molecule has 0 bridgehead atoms. The maximum absolute atomic E-state index is 14.2. The number of carbonyl (C=O) groups excluding carboxylic acids is 1. The number of para-hydroxylation sites is 1. The van der Waals surface area contributed by atoms with Crippen molar-refractivity contribution in [3.8, 4) is 5.75 Å². The number of hydrogen-bond donors (Lipinski definition) is 0. The number of benzene rings is 2. The molecule has 1 amide bonds. The molecular weight excluding hydrogens is 383 g/mol. The molecule has 1 aromatic heterocycles. The van der Waals surface area contributed by atoms with Gasteiger partial charge in [-0.15, -0.1) is 0 Å². The van der Waals surface area contributed by atoms with Gasteiger partial charge in [0, 0.05) is 49.1 Å². The summed E-state index contributed by atoms with van der Waals surface area (Å²) in [5.41, 5.74) is 2.89. The van der Waals surface area contributed by atoms with Crippen LogP contribution in [0.5, 0.6) is 5.75 Å². The van der Waals surface area contributed by atoms with Gasteiger partial charge in [0.1, 0.15) is 12.1 Å². The van der Waals surface area contributed by atoms with E-state index >= 15 is 0 Å². The molecule has 154 valence electrons. The Morgan fingerprint density at radius 1 is 1.23 bits per heavy atom. The van der Waals surface area contributed by atoms with Crippen LogP contribution in [0.2, 0.25) is 0 Å². The fraction of sp³-hybridized carbons (Fsp3) is 0.348. The second-order valence-electron chi connectivity index (χ2n) is 7.84. The molecule has 3 heterocycles. The van der Waals surface area contributed by atoms with Crippen molar-refractivity contribution in [3.05, 3.63) is 54.1 Å². The predicted molar refractivity (Wildman–Crippen MR) is 113 cm³/mol. The molecule has 2 aliphatic heterocycles. The molecule has 1 fully saturated rings. The summed E-state index contributed by atoms with van der Waals surface area (Å²) < 4.78 is 19.4. The van der Waals surface area contributed by atoms with E-state index < -0.39 is 5.82 Å². The summed E-state index contributed by atoms with van der Waals surface area (Å²) in [4.78, 5) is 24.9. The van der Waals surface area contributed by atoms with Crippen molar-refractivity contribution < 1.29 is 13.9 Å².